The summed E-state index contributed by atoms with van der Waals surface area (Å²) < 4.78 is 5.64. The molecule has 1 aromatic rings. The second-order valence-corrected chi connectivity index (χ2v) is 4.40. The van der Waals surface area contributed by atoms with Crippen molar-refractivity contribution in [1.29, 1.82) is 0 Å². The zero-order valence-corrected chi connectivity index (χ0v) is 10.1. The molecular formula is C12H18ClNO. The van der Waals surface area contributed by atoms with Crippen LogP contribution in [0.2, 0.25) is 0 Å². The number of hydrogen-bond acceptors (Lipinski definition) is 2. The smallest absolute Gasteiger partial charge is 0.119 e. The minimum Gasteiger partial charge on any atom is -0.492 e. The molecule has 0 unspecified atom stereocenters. The SMILES string of the molecule is Cc1ccc(OCC2(N)CC2)cc1C.Cl. The molecule has 1 aliphatic rings. The van der Waals surface area contributed by atoms with Crippen molar-refractivity contribution in [2.24, 2.45) is 5.73 Å². The third-order valence-corrected chi connectivity index (χ3v) is 2.90. The summed E-state index contributed by atoms with van der Waals surface area (Å²) in [6, 6.07) is 6.16. The van der Waals surface area contributed by atoms with Gasteiger partial charge in [-0.3, -0.25) is 0 Å². The Morgan fingerprint density at radius 1 is 1.27 bits per heavy atom. The lowest BCUT2D eigenvalue weighted by molar-refractivity contribution is 0.279. The number of halogens is 1. The Morgan fingerprint density at radius 3 is 2.47 bits per heavy atom. The van der Waals surface area contributed by atoms with Gasteiger partial charge in [-0.05, 0) is 49.9 Å². The van der Waals surface area contributed by atoms with Crippen LogP contribution in [-0.4, -0.2) is 12.1 Å². The lowest BCUT2D eigenvalue weighted by Gasteiger charge is -2.12. The van der Waals surface area contributed by atoms with Crippen LogP contribution in [0.25, 0.3) is 0 Å². The molecule has 1 aromatic carbocycles. The number of rotatable bonds is 3. The molecule has 2 rings (SSSR count). The average Bonchev–Trinajstić information content (AvgIpc) is 2.87. The Kier molecular flexibility index (Phi) is 3.63. The summed E-state index contributed by atoms with van der Waals surface area (Å²) in [6.45, 7) is 4.84. The first-order valence-corrected chi connectivity index (χ1v) is 5.08. The van der Waals surface area contributed by atoms with Gasteiger partial charge in [-0.15, -0.1) is 12.4 Å². The van der Waals surface area contributed by atoms with Gasteiger partial charge >= 0.3 is 0 Å². The molecule has 1 saturated carbocycles. The maximum atomic E-state index is 5.94. The zero-order chi connectivity index (χ0) is 10.2. The van der Waals surface area contributed by atoms with Crippen molar-refractivity contribution in [2.75, 3.05) is 6.61 Å². The van der Waals surface area contributed by atoms with Crippen LogP contribution < -0.4 is 10.5 Å². The molecule has 2 N–H and O–H groups in total. The second kappa shape index (κ2) is 4.42. The first-order valence-electron chi connectivity index (χ1n) is 5.08. The van der Waals surface area contributed by atoms with Gasteiger partial charge < -0.3 is 10.5 Å². The fourth-order valence-electron chi connectivity index (χ4n) is 1.34. The first kappa shape index (κ1) is 12.3. The van der Waals surface area contributed by atoms with Crippen LogP contribution >= 0.6 is 12.4 Å². The first-order chi connectivity index (χ1) is 6.59. The van der Waals surface area contributed by atoms with E-state index in [9.17, 15) is 0 Å². The average molecular weight is 228 g/mol. The van der Waals surface area contributed by atoms with E-state index in [1.807, 2.05) is 6.07 Å². The highest BCUT2D eigenvalue weighted by Crippen LogP contribution is 2.32. The summed E-state index contributed by atoms with van der Waals surface area (Å²) in [5.41, 5.74) is 8.47. The van der Waals surface area contributed by atoms with Crippen molar-refractivity contribution >= 4 is 12.4 Å². The molecule has 15 heavy (non-hydrogen) atoms. The van der Waals surface area contributed by atoms with Crippen LogP contribution in [0.5, 0.6) is 5.75 Å². The van der Waals surface area contributed by atoms with Crippen LogP contribution in [0.15, 0.2) is 18.2 Å². The van der Waals surface area contributed by atoms with E-state index in [1.54, 1.807) is 0 Å². The van der Waals surface area contributed by atoms with E-state index in [1.165, 1.54) is 11.1 Å². The summed E-state index contributed by atoms with van der Waals surface area (Å²) in [5.74, 6) is 0.935. The monoisotopic (exact) mass is 227 g/mol. The fraction of sp³-hybridized carbons (Fsp3) is 0.500. The summed E-state index contributed by atoms with van der Waals surface area (Å²) in [7, 11) is 0. The Hall–Kier alpha value is -0.730. The highest BCUT2D eigenvalue weighted by atomic mass is 35.5. The minimum absolute atomic E-state index is 0. The molecule has 0 amide bonds. The standard InChI is InChI=1S/C12H17NO.ClH/c1-9-3-4-11(7-10(9)2)14-8-12(13)5-6-12;/h3-4,7H,5-6,8,13H2,1-2H3;1H. The van der Waals surface area contributed by atoms with Crippen LogP contribution in [0.3, 0.4) is 0 Å². The Morgan fingerprint density at radius 2 is 1.93 bits per heavy atom. The summed E-state index contributed by atoms with van der Waals surface area (Å²) in [6.07, 6.45) is 2.19. The summed E-state index contributed by atoms with van der Waals surface area (Å²) in [5, 5.41) is 0. The van der Waals surface area contributed by atoms with Crippen LogP contribution in [0.1, 0.15) is 24.0 Å². The Balaban J connectivity index is 0.00000112. The minimum atomic E-state index is -0.0290. The summed E-state index contributed by atoms with van der Waals surface area (Å²) in [4.78, 5) is 0. The van der Waals surface area contributed by atoms with Gasteiger partial charge in [0.05, 0.1) is 5.54 Å². The molecule has 0 aromatic heterocycles. The van der Waals surface area contributed by atoms with E-state index >= 15 is 0 Å². The normalized spacial score (nSPS) is 16.7. The van der Waals surface area contributed by atoms with Gasteiger partial charge in [-0.25, -0.2) is 0 Å². The number of benzene rings is 1. The van der Waals surface area contributed by atoms with Crippen molar-refractivity contribution < 1.29 is 4.74 Å². The molecule has 0 atom stereocenters. The van der Waals surface area contributed by atoms with E-state index in [0.717, 1.165) is 18.6 Å². The largest absolute Gasteiger partial charge is 0.492 e. The van der Waals surface area contributed by atoms with Crippen molar-refractivity contribution in [3.63, 3.8) is 0 Å². The van der Waals surface area contributed by atoms with Gasteiger partial charge in [-0.2, -0.15) is 0 Å². The van der Waals surface area contributed by atoms with Crippen LogP contribution in [-0.2, 0) is 0 Å². The molecule has 0 heterocycles. The molecule has 0 bridgehead atoms. The zero-order valence-electron chi connectivity index (χ0n) is 9.25. The molecule has 0 aliphatic heterocycles. The van der Waals surface area contributed by atoms with Crippen molar-refractivity contribution in [1.82, 2.24) is 0 Å². The number of nitrogens with two attached hydrogens (primary N) is 1. The van der Waals surface area contributed by atoms with Gasteiger partial charge in [-0.1, -0.05) is 6.07 Å². The predicted molar refractivity (Wildman–Crippen MR) is 64.8 cm³/mol. The molecule has 0 saturated heterocycles. The maximum Gasteiger partial charge on any atom is 0.119 e. The topological polar surface area (TPSA) is 35.2 Å². The third kappa shape index (κ3) is 3.11. The highest BCUT2D eigenvalue weighted by molar-refractivity contribution is 5.85. The lowest BCUT2D eigenvalue weighted by atomic mass is 10.1. The van der Waals surface area contributed by atoms with Gasteiger partial charge in [0.2, 0.25) is 0 Å². The third-order valence-electron chi connectivity index (χ3n) is 2.90. The molecule has 2 nitrogen and oxygen atoms in total. The van der Waals surface area contributed by atoms with Crippen LogP contribution in [0, 0.1) is 13.8 Å². The van der Waals surface area contributed by atoms with Gasteiger partial charge in [0, 0.05) is 0 Å². The molecule has 84 valence electrons. The highest BCUT2D eigenvalue weighted by Gasteiger charge is 2.39. The summed E-state index contributed by atoms with van der Waals surface area (Å²) >= 11 is 0. The Bertz CT molecular complexity index is 347. The van der Waals surface area contributed by atoms with E-state index in [2.05, 4.69) is 26.0 Å². The molecule has 1 aliphatic carbocycles. The van der Waals surface area contributed by atoms with Gasteiger partial charge in [0.15, 0.2) is 0 Å². The molecule has 1 fully saturated rings. The van der Waals surface area contributed by atoms with Crippen molar-refractivity contribution in [3.8, 4) is 5.75 Å². The predicted octanol–water partition coefficient (Wildman–Crippen LogP) is 2.60. The van der Waals surface area contributed by atoms with E-state index in [4.69, 9.17) is 10.5 Å². The molecule has 3 heteroatoms. The number of aryl methyl sites for hydroxylation is 2. The van der Waals surface area contributed by atoms with E-state index < -0.39 is 0 Å². The second-order valence-electron chi connectivity index (χ2n) is 4.40. The maximum absolute atomic E-state index is 5.94. The van der Waals surface area contributed by atoms with Gasteiger partial charge in [0.1, 0.15) is 12.4 Å². The van der Waals surface area contributed by atoms with Crippen LogP contribution in [0.4, 0.5) is 0 Å². The molecular weight excluding hydrogens is 210 g/mol. The number of ether oxygens (including phenoxy) is 1. The van der Waals surface area contributed by atoms with E-state index in [-0.39, 0.29) is 17.9 Å². The van der Waals surface area contributed by atoms with Crippen molar-refractivity contribution in [3.05, 3.63) is 29.3 Å². The van der Waals surface area contributed by atoms with Crippen molar-refractivity contribution in [2.45, 2.75) is 32.2 Å². The van der Waals surface area contributed by atoms with Gasteiger partial charge in [0.25, 0.3) is 0 Å². The Labute approximate surface area is 97.2 Å². The quantitative estimate of drug-likeness (QED) is 0.862. The lowest BCUT2D eigenvalue weighted by Crippen LogP contribution is -2.29. The number of hydrogen-bond donors (Lipinski definition) is 1. The fourth-order valence-corrected chi connectivity index (χ4v) is 1.34. The molecule has 0 radical (unpaired) electrons. The van der Waals surface area contributed by atoms with E-state index in [0.29, 0.717) is 6.61 Å². The molecule has 0 spiro atoms.